The number of halogens is 1. The number of hydrogen-bond acceptors (Lipinski definition) is 4. The number of hydrogen-bond donors (Lipinski definition) is 2. The topological polar surface area (TPSA) is 68.0 Å². The van der Waals surface area contributed by atoms with Gasteiger partial charge >= 0.3 is 0 Å². The standard InChI is InChI=1S/C11H19N3OS.ClH/c1-5-6-11(4,12)9(15)14-10-13-7(2)8(3)16-10;/h5-6,12H2,1-4H3,(H,13,14,15);1H. The number of thiazole rings is 1. The molecule has 3 N–H and O–H groups in total. The number of anilines is 1. The first-order valence-electron chi connectivity index (χ1n) is 5.41. The lowest BCUT2D eigenvalue weighted by atomic mass is 9.97. The Hall–Kier alpha value is -0.650. The third-order valence-electron chi connectivity index (χ3n) is 2.54. The molecule has 1 unspecified atom stereocenters. The third-order valence-corrected chi connectivity index (χ3v) is 3.53. The van der Waals surface area contributed by atoms with E-state index in [1.807, 2.05) is 20.8 Å². The molecule has 98 valence electrons. The van der Waals surface area contributed by atoms with E-state index in [4.69, 9.17) is 5.73 Å². The molecule has 0 saturated heterocycles. The van der Waals surface area contributed by atoms with Crippen molar-refractivity contribution < 1.29 is 4.79 Å². The molecule has 1 rings (SSSR count). The zero-order valence-electron chi connectivity index (χ0n) is 10.7. The number of amides is 1. The fraction of sp³-hybridized carbons (Fsp3) is 0.636. The predicted molar refractivity (Wildman–Crippen MR) is 75.0 cm³/mol. The highest BCUT2D eigenvalue weighted by Gasteiger charge is 2.27. The largest absolute Gasteiger partial charge is 0.318 e. The van der Waals surface area contributed by atoms with Crippen molar-refractivity contribution in [1.29, 1.82) is 0 Å². The SMILES string of the molecule is CCCC(C)(N)C(=O)Nc1nc(C)c(C)s1.Cl. The number of rotatable bonds is 4. The molecule has 0 radical (unpaired) electrons. The van der Waals surface area contributed by atoms with Crippen molar-refractivity contribution in [2.75, 3.05) is 5.32 Å². The average Bonchev–Trinajstić information content (AvgIpc) is 2.45. The van der Waals surface area contributed by atoms with Gasteiger partial charge in [-0.25, -0.2) is 4.98 Å². The Morgan fingerprint density at radius 3 is 2.53 bits per heavy atom. The Morgan fingerprint density at radius 2 is 2.12 bits per heavy atom. The Balaban J connectivity index is 0.00000256. The number of aryl methyl sites for hydroxylation is 2. The fourth-order valence-electron chi connectivity index (χ4n) is 1.40. The molecule has 1 aromatic rings. The summed E-state index contributed by atoms with van der Waals surface area (Å²) in [7, 11) is 0. The summed E-state index contributed by atoms with van der Waals surface area (Å²) in [5.41, 5.74) is 6.06. The normalized spacial score (nSPS) is 13.7. The Kier molecular flexibility index (Phi) is 6.09. The number of carbonyl (C=O) groups is 1. The summed E-state index contributed by atoms with van der Waals surface area (Å²) >= 11 is 1.48. The summed E-state index contributed by atoms with van der Waals surface area (Å²) in [6, 6.07) is 0. The van der Waals surface area contributed by atoms with Crippen LogP contribution in [0.2, 0.25) is 0 Å². The van der Waals surface area contributed by atoms with E-state index >= 15 is 0 Å². The molecule has 0 saturated carbocycles. The van der Waals surface area contributed by atoms with Crippen LogP contribution in [0.15, 0.2) is 0 Å². The summed E-state index contributed by atoms with van der Waals surface area (Å²) in [6.07, 6.45) is 1.55. The van der Waals surface area contributed by atoms with Gasteiger partial charge in [-0.1, -0.05) is 13.3 Å². The van der Waals surface area contributed by atoms with Crippen LogP contribution in [0.3, 0.4) is 0 Å². The zero-order valence-corrected chi connectivity index (χ0v) is 12.3. The number of carbonyl (C=O) groups excluding carboxylic acids is 1. The van der Waals surface area contributed by atoms with Gasteiger partial charge in [0.2, 0.25) is 5.91 Å². The molecular weight excluding hydrogens is 258 g/mol. The van der Waals surface area contributed by atoms with Crippen molar-refractivity contribution in [3.05, 3.63) is 10.6 Å². The molecule has 6 heteroatoms. The van der Waals surface area contributed by atoms with E-state index in [1.54, 1.807) is 6.92 Å². The fourth-order valence-corrected chi connectivity index (χ4v) is 2.21. The smallest absolute Gasteiger partial charge is 0.245 e. The van der Waals surface area contributed by atoms with Gasteiger partial charge in [-0.05, 0) is 27.2 Å². The van der Waals surface area contributed by atoms with Crippen molar-refractivity contribution in [2.45, 2.75) is 46.1 Å². The van der Waals surface area contributed by atoms with Gasteiger partial charge in [-0.3, -0.25) is 4.79 Å². The molecule has 0 aliphatic carbocycles. The minimum atomic E-state index is -0.817. The van der Waals surface area contributed by atoms with Gasteiger partial charge in [0.25, 0.3) is 0 Å². The number of nitrogens with zero attached hydrogens (tertiary/aromatic N) is 1. The van der Waals surface area contributed by atoms with Crippen LogP contribution in [0.5, 0.6) is 0 Å². The van der Waals surface area contributed by atoms with Gasteiger partial charge in [0.1, 0.15) is 0 Å². The van der Waals surface area contributed by atoms with E-state index in [-0.39, 0.29) is 18.3 Å². The summed E-state index contributed by atoms with van der Waals surface area (Å²) in [6.45, 7) is 7.67. The molecule has 1 amide bonds. The summed E-state index contributed by atoms with van der Waals surface area (Å²) in [5, 5.41) is 3.40. The number of aromatic nitrogens is 1. The van der Waals surface area contributed by atoms with Crippen LogP contribution in [-0.2, 0) is 4.79 Å². The monoisotopic (exact) mass is 277 g/mol. The highest BCUT2D eigenvalue weighted by Crippen LogP contribution is 2.22. The van der Waals surface area contributed by atoms with Crippen LogP contribution in [0.25, 0.3) is 0 Å². The van der Waals surface area contributed by atoms with Gasteiger partial charge < -0.3 is 11.1 Å². The van der Waals surface area contributed by atoms with E-state index in [0.717, 1.165) is 17.0 Å². The average molecular weight is 278 g/mol. The van der Waals surface area contributed by atoms with Gasteiger partial charge in [0.15, 0.2) is 5.13 Å². The Bertz CT molecular complexity index is 371. The van der Waals surface area contributed by atoms with Crippen molar-refractivity contribution in [3.63, 3.8) is 0 Å². The number of nitrogens with one attached hydrogen (secondary N) is 1. The predicted octanol–water partition coefficient (Wildman–Crippen LogP) is 2.64. The molecule has 0 aliphatic heterocycles. The zero-order chi connectivity index (χ0) is 12.3. The van der Waals surface area contributed by atoms with Crippen molar-refractivity contribution in [2.24, 2.45) is 5.73 Å². The molecule has 0 bridgehead atoms. The molecule has 0 spiro atoms. The maximum Gasteiger partial charge on any atom is 0.245 e. The first-order valence-corrected chi connectivity index (χ1v) is 6.23. The van der Waals surface area contributed by atoms with E-state index in [2.05, 4.69) is 10.3 Å². The second kappa shape index (κ2) is 6.33. The van der Waals surface area contributed by atoms with E-state index in [0.29, 0.717) is 11.6 Å². The number of nitrogens with two attached hydrogens (primary N) is 1. The summed E-state index contributed by atoms with van der Waals surface area (Å²) in [4.78, 5) is 17.2. The summed E-state index contributed by atoms with van der Waals surface area (Å²) < 4.78 is 0. The van der Waals surface area contributed by atoms with E-state index in [9.17, 15) is 4.79 Å². The lowest BCUT2D eigenvalue weighted by Gasteiger charge is -2.21. The maximum atomic E-state index is 11.9. The van der Waals surface area contributed by atoms with Crippen LogP contribution < -0.4 is 11.1 Å². The van der Waals surface area contributed by atoms with E-state index in [1.165, 1.54) is 11.3 Å². The van der Waals surface area contributed by atoms with Crippen LogP contribution in [0, 0.1) is 13.8 Å². The molecular formula is C11H20ClN3OS. The van der Waals surface area contributed by atoms with Crippen LogP contribution >= 0.6 is 23.7 Å². The van der Waals surface area contributed by atoms with Crippen LogP contribution in [0.4, 0.5) is 5.13 Å². The molecule has 17 heavy (non-hydrogen) atoms. The second-order valence-corrected chi connectivity index (χ2v) is 5.49. The molecule has 0 fully saturated rings. The van der Waals surface area contributed by atoms with Gasteiger partial charge in [-0.15, -0.1) is 23.7 Å². The Labute approximate surface area is 112 Å². The maximum absolute atomic E-state index is 11.9. The first kappa shape index (κ1) is 16.4. The van der Waals surface area contributed by atoms with Crippen LogP contribution in [-0.4, -0.2) is 16.4 Å². The highest BCUT2D eigenvalue weighted by atomic mass is 35.5. The minimum Gasteiger partial charge on any atom is -0.318 e. The van der Waals surface area contributed by atoms with Crippen LogP contribution in [0.1, 0.15) is 37.3 Å². The molecule has 0 aliphatic rings. The third kappa shape index (κ3) is 4.26. The highest BCUT2D eigenvalue weighted by molar-refractivity contribution is 7.15. The lowest BCUT2D eigenvalue weighted by molar-refractivity contribution is -0.120. The molecule has 1 heterocycles. The Morgan fingerprint density at radius 1 is 1.53 bits per heavy atom. The van der Waals surface area contributed by atoms with E-state index < -0.39 is 5.54 Å². The van der Waals surface area contributed by atoms with Crippen molar-refractivity contribution in [3.8, 4) is 0 Å². The van der Waals surface area contributed by atoms with Gasteiger partial charge in [-0.2, -0.15) is 0 Å². The van der Waals surface area contributed by atoms with Crippen molar-refractivity contribution in [1.82, 2.24) is 4.98 Å². The second-order valence-electron chi connectivity index (χ2n) is 4.28. The molecule has 1 atom stereocenters. The van der Waals surface area contributed by atoms with Crippen molar-refractivity contribution >= 4 is 34.8 Å². The lowest BCUT2D eigenvalue weighted by Crippen LogP contribution is -2.48. The first-order chi connectivity index (χ1) is 7.36. The summed E-state index contributed by atoms with van der Waals surface area (Å²) in [5.74, 6) is -0.164. The quantitative estimate of drug-likeness (QED) is 0.889. The molecule has 4 nitrogen and oxygen atoms in total. The van der Waals surface area contributed by atoms with Gasteiger partial charge in [0, 0.05) is 4.88 Å². The van der Waals surface area contributed by atoms with Gasteiger partial charge in [0.05, 0.1) is 11.2 Å². The molecule has 0 aromatic carbocycles. The minimum absolute atomic E-state index is 0. The molecule has 1 aromatic heterocycles.